The Labute approximate surface area is 98.6 Å². The molecule has 2 rings (SSSR count). The van der Waals surface area contributed by atoms with E-state index in [1.807, 2.05) is 11.4 Å². The summed E-state index contributed by atoms with van der Waals surface area (Å²) in [6.45, 7) is 0.973. The number of piperidine rings is 1. The summed E-state index contributed by atoms with van der Waals surface area (Å²) in [4.78, 5) is 11.9. The Morgan fingerprint density at radius 3 is 3.07 bits per heavy atom. The molecule has 0 radical (unpaired) electrons. The second-order valence-electron chi connectivity index (χ2n) is 3.90. The van der Waals surface area contributed by atoms with Crippen molar-refractivity contribution in [3.63, 3.8) is 0 Å². The number of rotatable bonds is 3. The molecule has 1 aliphatic rings. The van der Waals surface area contributed by atoms with Gasteiger partial charge in [0.15, 0.2) is 5.78 Å². The molecule has 1 aliphatic heterocycles. The van der Waals surface area contributed by atoms with Crippen LogP contribution in [0.1, 0.15) is 24.8 Å². The minimum absolute atomic E-state index is 0.0671. The Morgan fingerprint density at radius 2 is 2.47 bits per heavy atom. The first-order chi connectivity index (χ1) is 7.25. The maximum Gasteiger partial charge on any atom is 0.154 e. The molecule has 0 aliphatic carbocycles. The maximum absolute atomic E-state index is 11.9. The fourth-order valence-electron chi connectivity index (χ4n) is 1.89. The molecule has 82 valence electrons. The number of nitrogens with one attached hydrogen (secondary N) is 1. The van der Waals surface area contributed by atoms with Gasteiger partial charge in [-0.3, -0.25) is 4.79 Å². The van der Waals surface area contributed by atoms with Crippen molar-refractivity contribution in [2.24, 2.45) is 0 Å². The average molecular weight is 244 g/mol. The molecule has 0 saturated carbocycles. The fourth-order valence-corrected chi connectivity index (χ4v) is 2.80. The second-order valence-corrected chi connectivity index (χ2v) is 5.45. The molecule has 2 nitrogen and oxygen atoms in total. The van der Waals surface area contributed by atoms with Gasteiger partial charge in [0.05, 0.1) is 10.4 Å². The molecule has 0 bridgehead atoms. The lowest BCUT2D eigenvalue weighted by Crippen LogP contribution is -2.41. The van der Waals surface area contributed by atoms with Crippen LogP contribution >= 0.6 is 22.9 Å². The van der Waals surface area contributed by atoms with Crippen LogP contribution in [0.3, 0.4) is 0 Å². The molecular weight excluding hydrogens is 230 g/mol. The minimum atomic E-state index is 0.0671. The zero-order valence-corrected chi connectivity index (χ0v) is 10.0. The van der Waals surface area contributed by atoms with E-state index < -0.39 is 0 Å². The fraction of sp³-hybridized carbons (Fsp3) is 0.545. The molecule has 2 heterocycles. The van der Waals surface area contributed by atoms with E-state index in [9.17, 15) is 4.79 Å². The smallest absolute Gasteiger partial charge is 0.154 e. The quantitative estimate of drug-likeness (QED) is 0.885. The highest BCUT2D eigenvalue weighted by Crippen LogP contribution is 2.21. The summed E-state index contributed by atoms with van der Waals surface area (Å²) in [6, 6.07) is 1.95. The van der Waals surface area contributed by atoms with Crippen molar-refractivity contribution >= 4 is 28.7 Å². The summed E-state index contributed by atoms with van der Waals surface area (Å²) in [6.07, 6.45) is 3.85. The molecule has 0 spiro atoms. The Morgan fingerprint density at radius 1 is 1.60 bits per heavy atom. The van der Waals surface area contributed by atoms with Crippen LogP contribution in [0, 0.1) is 0 Å². The lowest BCUT2D eigenvalue weighted by Gasteiger charge is -2.21. The van der Waals surface area contributed by atoms with Crippen LogP contribution in [-0.4, -0.2) is 18.4 Å². The zero-order chi connectivity index (χ0) is 10.7. The molecule has 0 amide bonds. The number of carbonyl (C=O) groups is 1. The molecule has 15 heavy (non-hydrogen) atoms. The first-order valence-electron chi connectivity index (χ1n) is 5.25. The van der Waals surface area contributed by atoms with Crippen LogP contribution in [0.15, 0.2) is 11.4 Å². The number of carbonyl (C=O) groups excluding carboxylic acids is 1. The number of halogens is 1. The van der Waals surface area contributed by atoms with Crippen LogP contribution in [0.25, 0.3) is 0 Å². The van der Waals surface area contributed by atoms with Crippen molar-refractivity contribution in [2.75, 3.05) is 6.54 Å². The molecule has 1 aromatic rings. The third kappa shape index (κ3) is 3.03. The first kappa shape index (κ1) is 11.1. The summed E-state index contributed by atoms with van der Waals surface area (Å²) in [5.74, 6) is 0.296. The molecule has 1 N–H and O–H groups in total. The normalized spacial score (nSPS) is 21.5. The molecule has 4 heteroatoms. The molecule has 1 unspecified atom stereocenters. The Bertz CT molecular complexity index is 344. The highest BCUT2D eigenvalue weighted by atomic mass is 35.5. The molecule has 1 fully saturated rings. The predicted octanol–water partition coefficient (Wildman–Crippen LogP) is 2.66. The third-order valence-corrected chi connectivity index (χ3v) is 3.84. The summed E-state index contributed by atoms with van der Waals surface area (Å²) in [5, 5.41) is 5.23. The van der Waals surface area contributed by atoms with Gasteiger partial charge in [-0.25, -0.2) is 0 Å². The molecular formula is C11H14ClNOS. The van der Waals surface area contributed by atoms with Gasteiger partial charge in [0.1, 0.15) is 0 Å². The van der Waals surface area contributed by atoms with Crippen molar-refractivity contribution in [1.82, 2.24) is 5.32 Å². The lowest BCUT2D eigenvalue weighted by molar-refractivity contribution is -0.120. The first-order valence-corrected chi connectivity index (χ1v) is 6.50. The highest BCUT2D eigenvalue weighted by Gasteiger charge is 2.20. The Balaban J connectivity index is 1.91. The molecule has 1 aromatic heterocycles. The molecule has 1 atom stereocenters. The maximum atomic E-state index is 11.9. The van der Waals surface area contributed by atoms with Crippen molar-refractivity contribution in [3.8, 4) is 0 Å². The standard InChI is InChI=1S/C11H14ClNOS/c12-11-6-8(7-15-11)5-10(14)9-3-1-2-4-13-9/h6-7,9,13H,1-5H2. The Hall–Kier alpha value is -0.380. The molecule has 0 aromatic carbocycles. The predicted molar refractivity (Wildman–Crippen MR) is 63.7 cm³/mol. The van der Waals surface area contributed by atoms with E-state index >= 15 is 0 Å². The number of hydrogen-bond acceptors (Lipinski definition) is 3. The van der Waals surface area contributed by atoms with Gasteiger partial charge in [0, 0.05) is 6.42 Å². The molecule has 1 saturated heterocycles. The van der Waals surface area contributed by atoms with Gasteiger partial charge in [-0.1, -0.05) is 18.0 Å². The van der Waals surface area contributed by atoms with E-state index in [2.05, 4.69) is 5.32 Å². The largest absolute Gasteiger partial charge is 0.307 e. The van der Waals surface area contributed by atoms with E-state index in [1.165, 1.54) is 17.8 Å². The van der Waals surface area contributed by atoms with Crippen molar-refractivity contribution in [3.05, 3.63) is 21.3 Å². The summed E-state index contributed by atoms with van der Waals surface area (Å²) in [7, 11) is 0. The van der Waals surface area contributed by atoms with Gasteiger partial charge in [0.2, 0.25) is 0 Å². The zero-order valence-electron chi connectivity index (χ0n) is 8.46. The Kier molecular flexibility index (Phi) is 3.78. The topological polar surface area (TPSA) is 29.1 Å². The van der Waals surface area contributed by atoms with Crippen molar-refractivity contribution < 1.29 is 4.79 Å². The summed E-state index contributed by atoms with van der Waals surface area (Å²) < 4.78 is 0.759. The van der Waals surface area contributed by atoms with Gasteiger partial charge in [0.25, 0.3) is 0 Å². The van der Waals surface area contributed by atoms with Crippen molar-refractivity contribution in [1.29, 1.82) is 0 Å². The van der Waals surface area contributed by atoms with Crippen LogP contribution in [0.2, 0.25) is 4.34 Å². The van der Waals surface area contributed by atoms with E-state index in [0.717, 1.165) is 29.3 Å². The SMILES string of the molecule is O=C(Cc1csc(Cl)c1)C1CCCCN1. The summed E-state index contributed by atoms with van der Waals surface area (Å²) in [5.41, 5.74) is 1.04. The van der Waals surface area contributed by atoms with Crippen LogP contribution in [0.4, 0.5) is 0 Å². The van der Waals surface area contributed by atoms with E-state index in [-0.39, 0.29) is 6.04 Å². The van der Waals surface area contributed by atoms with Crippen LogP contribution in [-0.2, 0) is 11.2 Å². The average Bonchev–Trinajstić information content (AvgIpc) is 2.65. The van der Waals surface area contributed by atoms with Gasteiger partial charge in [-0.05, 0) is 36.4 Å². The monoisotopic (exact) mass is 243 g/mol. The lowest BCUT2D eigenvalue weighted by atomic mass is 9.98. The van der Waals surface area contributed by atoms with Gasteiger partial charge in [-0.2, -0.15) is 0 Å². The van der Waals surface area contributed by atoms with Crippen LogP contribution < -0.4 is 5.32 Å². The van der Waals surface area contributed by atoms with E-state index in [0.29, 0.717) is 12.2 Å². The van der Waals surface area contributed by atoms with Gasteiger partial charge in [-0.15, -0.1) is 11.3 Å². The van der Waals surface area contributed by atoms with Crippen molar-refractivity contribution in [2.45, 2.75) is 31.7 Å². The second kappa shape index (κ2) is 5.10. The number of hydrogen-bond donors (Lipinski definition) is 1. The number of Topliss-reactive ketones (excluding diaryl/α,β-unsaturated/α-hetero) is 1. The van der Waals surface area contributed by atoms with E-state index in [4.69, 9.17) is 11.6 Å². The third-order valence-electron chi connectivity index (χ3n) is 2.70. The number of ketones is 1. The van der Waals surface area contributed by atoms with Crippen LogP contribution in [0.5, 0.6) is 0 Å². The summed E-state index contributed by atoms with van der Waals surface area (Å²) >= 11 is 7.31. The van der Waals surface area contributed by atoms with Gasteiger partial charge >= 0.3 is 0 Å². The highest BCUT2D eigenvalue weighted by molar-refractivity contribution is 7.14. The van der Waals surface area contributed by atoms with Gasteiger partial charge < -0.3 is 5.32 Å². The minimum Gasteiger partial charge on any atom is -0.307 e. The number of thiophene rings is 1. The van der Waals surface area contributed by atoms with E-state index in [1.54, 1.807) is 0 Å².